The van der Waals surface area contributed by atoms with Gasteiger partial charge in [-0.05, 0) is 42.2 Å². The molecule has 1 heterocycles. The van der Waals surface area contributed by atoms with Crippen molar-refractivity contribution in [2.75, 3.05) is 0 Å². The van der Waals surface area contributed by atoms with Gasteiger partial charge in [0.05, 0.1) is 11.8 Å². The van der Waals surface area contributed by atoms with Gasteiger partial charge < -0.3 is 0 Å². The van der Waals surface area contributed by atoms with Crippen LogP contribution in [0.15, 0.2) is 42.5 Å². The molecule has 116 valence electrons. The molecule has 5 rings (SSSR count). The van der Waals surface area contributed by atoms with E-state index in [-0.39, 0.29) is 40.9 Å². The minimum absolute atomic E-state index is 0.174. The van der Waals surface area contributed by atoms with E-state index in [1.807, 2.05) is 6.07 Å². The van der Waals surface area contributed by atoms with Crippen molar-refractivity contribution in [3.05, 3.63) is 48.0 Å². The highest BCUT2D eigenvalue weighted by Gasteiger charge is 2.73. The largest absolute Gasteiger partial charge is 0.272 e. The van der Waals surface area contributed by atoms with Crippen LogP contribution in [0.25, 0.3) is 0 Å². The molecule has 0 aromatic heterocycles. The van der Waals surface area contributed by atoms with Gasteiger partial charge in [0.15, 0.2) is 0 Å². The van der Waals surface area contributed by atoms with Crippen LogP contribution in [-0.2, 0) is 9.59 Å². The number of carbonyl (C=O) groups is 3. The van der Waals surface area contributed by atoms with Crippen molar-refractivity contribution >= 4 is 17.7 Å². The fourth-order valence-corrected chi connectivity index (χ4v) is 4.94. The minimum atomic E-state index is -0.422. The third-order valence-corrected chi connectivity index (χ3v) is 6.10. The lowest BCUT2D eigenvalue weighted by Crippen LogP contribution is -2.47. The van der Waals surface area contributed by atoms with Gasteiger partial charge in [-0.1, -0.05) is 30.4 Å². The molecule has 1 aliphatic heterocycles. The van der Waals surface area contributed by atoms with Gasteiger partial charge in [0.25, 0.3) is 17.7 Å². The number of rotatable bonds is 2. The Morgan fingerprint density at radius 3 is 2.09 bits per heavy atom. The summed E-state index contributed by atoms with van der Waals surface area (Å²) in [5.41, 5.74) is 3.12. The van der Waals surface area contributed by atoms with E-state index in [1.165, 1.54) is 0 Å². The summed E-state index contributed by atoms with van der Waals surface area (Å²) in [6.07, 6.45) is 6.46. The smallest absolute Gasteiger partial charge is 0.270 e. The van der Waals surface area contributed by atoms with Gasteiger partial charge >= 0.3 is 0 Å². The first-order valence-corrected chi connectivity index (χ1v) is 8.06. The van der Waals surface area contributed by atoms with Gasteiger partial charge in [0, 0.05) is 5.56 Å². The number of nitrogens with one attached hydrogen (secondary N) is 1. The number of hydrazine groups is 1. The number of imide groups is 1. The average Bonchev–Trinajstić information content (AvgIpc) is 3.18. The Hall–Kier alpha value is -2.43. The van der Waals surface area contributed by atoms with Gasteiger partial charge in [-0.25, -0.2) is 0 Å². The van der Waals surface area contributed by atoms with Gasteiger partial charge in [-0.15, -0.1) is 0 Å². The van der Waals surface area contributed by atoms with E-state index >= 15 is 0 Å². The number of carbonyl (C=O) groups excluding carboxylic acids is 3. The van der Waals surface area contributed by atoms with Crippen LogP contribution in [0.2, 0.25) is 0 Å². The molecule has 3 aliphatic carbocycles. The maximum Gasteiger partial charge on any atom is 0.270 e. The first-order valence-electron chi connectivity index (χ1n) is 8.06. The summed E-state index contributed by atoms with van der Waals surface area (Å²) >= 11 is 0. The second-order valence-electron chi connectivity index (χ2n) is 7.04. The highest BCUT2D eigenvalue weighted by atomic mass is 16.2. The number of fused-ring (bicyclic) bond motifs is 3. The van der Waals surface area contributed by atoms with Gasteiger partial charge in [-0.2, -0.15) is 5.01 Å². The molecule has 4 atom stereocenters. The van der Waals surface area contributed by atoms with E-state index in [4.69, 9.17) is 0 Å². The van der Waals surface area contributed by atoms with Crippen molar-refractivity contribution in [1.29, 1.82) is 0 Å². The van der Waals surface area contributed by atoms with Crippen molar-refractivity contribution in [3.8, 4) is 0 Å². The van der Waals surface area contributed by atoms with Gasteiger partial charge in [0.2, 0.25) is 0 Å². The highest BCUT2D eigenvalue weighted by molar-refractivity contribution is 6.09. The zero-order valence-electron chi connectivity index (χ0n) is 12.4. The number of hydrogen-bond acceptors (Lipinski definition) is 3. The predicted molar refractivity (Wildman–Crippen MR) is 80.5 cm³/mol. The summed E-state index contributed by atoms with van der Waals surface area (Å²) in [6.45, 7) is 0. The second-order valence-corrected chi connectivity index (χ2v) is 7.04. The van der Waals surface area contributed by atoms with E-state index < -0.39 is 5.91 Å². The van der Waals surface area contributed by atoms with Crippen LogP contribution in [0.3, 0.4) is 0 Å². The van der Waals surface area contributed by atoms with E-state index in [9.17, 15) is 14.4 Å². The quantitative estimate of drug-likeness (QED) is 0.665. The molecule has 1 spiro atoms. The Labute approximate surface area is 133 Å². The fourth-order valence-electron chi connectivity index (χ4n) is 4.94. The van der Waals surface area contributed by atoms with Crippen LogP contribution in [0.5, 0.6) is 0 Å². The monoisotopic (exact) mass is 308 g/mol. The normalized spacial score (nSPS) is 35.0. The number of nitrogens with zero attached hydrogens (tertiary/aromatic N) is 1. The fraction of sp³-hybridized carbons (Fsp3) is 0.389. The topological polar surface area (TPSA) is 66.5 Å². The minimum Gasteiger partial charge on any atom is -0.272 e. The molecule has 0 radical (unpaired) electrons. The molecular weight excluding hydrogens is 292 g/mol. The summed E-state index contributed by atoms with van der Waals surface area (Å²) in [4.78, 5) is 37.7. The maximum atomic E-state index is 12.7. The first kappa shape index (κ1) is 13.0. The molecule has 2 bridgehead atoms. The number of hydrogen-bond donors (Lipinski definition) is 1. The lowest BCUT2D eigenvalue weighted by atomic mass is 9.85. The van der Waals surface area contributed by atoms with Crippen LogP contribution in [0.1, 0.15) is 23.2 Å². The molecule has 1 N–H and O–H groups in total. The molecule has 3 amide bonds. The summed E-state index contributed by atoms with van der Waals surface area (Å²) in [5, 5.41) is 0.965. The molecule has 3 fully saturated rings. The molecule has 4 aliphatic rings. The van der Waals surface area contributed by atoms with Crippen molar-refractivity contribution in [3.63, 3.8) is 0 Å². The summed E-state index contributed by atoms with van der Waals surface area (Å²) < 4.78 is 0. The Balaban J connectivity index is 1.42. The predicted octanol–water partition coefficient (Wildman–Crippen LogP) is 1.53. The zero-order chi connectivity index (χ0) is 15.8. The number of allylic oxidation sites excluding steroid dienone is 2. The van der Waals surface area contributed by atoms with Gasteiger partial charge in [-0.3, -0.25) is 19.8 Å². The summed E-state index contributed by atoms with van der Waals surface area (Å²) in [7, 11) is 0. The zero-order valence-corrected chi connectivity index (χ0v) is 12.4. The lowest BCUT2D eigenvalue weighted by molar-refractivity contribution is -0.144. The third-order valence-electron chi connectivity index (χ3n) is 6.10. The standard InChI is InChI=1S/C18H16N2O3/c21-15(10-4-2-1-3-5-10)19-20-16(22)13-11-6-7-12(14(13)17(20)23)18(11)8-9-18/h1-7,11-14H,8-9H2,(H,19,21)/t11-,12-,13-,14-/m0/s1. The molecule has 23 heavy (non-hydrogen) atoms. The number of amides is 3. The maximum absolute atomic E-state index is 12.7. The third kappa shape index (κ3) is 1.49. The van der Waals surface area contributed by atoms with Gasteiger partial charge in [0.1, 0.15) is 0 Å². The molecule has 5 heteroatoms. The van der Waals surface area contributed by atoms with E-state index in [1.54, 1.807) is 24.3 Å². The lowest BCUT2D eigenvalue weighted by Gasteiger charge is -2.21. The second kappa shape index (κ2) is 4.10. The Kier molecular flexibility index (Phi) is 2.33. The van der Waals surface area contributed by atoms with Crippen LogP contribution in [0, 0.1) is 29.1 Å². The van der Waals surface area contributed by atoms with Crippen molar-refractivity contribution < 1.29 is 14.4 Å². The Bertz CT molecular complexity index is 732. The van der Waals surface area contributed by atoms with Crippen LogP contribution in [-0.4, -0.2) is 22.7 Å². The van der Waals surface area contributed by atoms with E-state index in [2.05, 4.69) is 17.6 Å². The summed E-state index contributed by atoms with van der Waals surface area (Å²) in [5.74, 6) is -1.12. The van der Waals surface area contributed by atoms with Crippen LogP contribution in [0.4, 0.5) is 0 Å². The van der Waals surface area contributed by atoms with Crippen LogP contribution >= 0.6 is 0 Å². The average molecular weight is 308 g/mol. The highest BCUT2D eigenvalue weighted by Crippen LogP contribution is 2.73. The van der Waals surface area contributed by atoms with E-state index in [0.29, 0.717) is 5.56 Å². The van der Waals surface area contributed by atoms with Crippen molar-refractivity contribution in [2.45, 2.75) is 12.8 Å². The van der Waals surface area contributed by atoms with Crippen LogP contribution < -0.4 is 5.43 Å². The SMILES string of the molecule is O=C(NN1C(=O)[C@@H]2[C@@H](C1=O)[C@@H]1C=C[C@@H]2C12CC2)c1ccccc1. The molecule has 5 nitrogen and oxygen atoms in total. The van der Waals surface area contributed by atoms with Crippen molar-refractivity contribution in [1.82, 2.24) is 10.4 Å². The molecule has 1 aromatic carbocycles. The number of benzene rings is 1. The van der Waals surface area contributed by atoms with Crippen molar-refractivity contribution in [2.24, 2.45) is 29.1 Å². The first-order chi connectivity index (χ1) is 11.1. The molecule has 2 saturated carbocycles. The molecule has 1 saturated heterocycles. The molecular formula is C18H16N2O3. The molecule has 1 aromatic rings. The van der Waals surface area contributed by atoms with E-state index in [0.717, 1.165) is 17.9 Å². The summed E-state index contributed by atoms with van der Waals surface area (Å²) in [6, 6.07) is 8.62. The Morgan fingerprint density at radius 1 is 1.00 bits per heavy atom. The Morgan fingerprint density at radius 2 is 1.57 bits per heavy atom. The molecule has 0 unspecified atom stereocenters.